The van der Waals surface area contributed by atoms with Crippen molar-refractivity contribution in [2.24, 2.45) is 0 Å². The van der Waals surface area contributed by atoms with Gasteiger partial charge in [0, 0.05) is 23.5 Å². The number of benzene rings is 1. The molecular formula is C14H17ClN4S. The molecule has 0 aliphatic rings. The Hall–Kier alpha value is -1.59. The van der Waals surface area contributed by atoms with Gasteiger partial charge >= 0.3 is 0 Å². The number of hydrogen-bond acceptors (Lipinski definition) is 2. The molecule has 0 unspecified atom stereocenters. The van der Waals surface area contributed by atoms with Gasteiger partial charge in [-0.1, -0.05) is 17.7 Å². The summed E-state index contributed by atoms with van der Waals surface area (Å²) in [6, 6.07) is 7.68. The molecule has 0 saturated carbocycles. The van der Waals surface area contributed by atoms with Crippen molar-refractivity contribution in [1.82, 2.24) is 15.1 Å². The molecule has 0 amide bonds. The highest BCUT2D eigenvalue weighted by Crippen LogP contribution is 2.22. The van der Waals surface area contributed by atoms with Crippen LogP contribution in [0.1, 0.15) is 18.2 Å². The molecule has 0 spiro atoms. The summed E-state index contributed by atoms with van der Waals surface area (Å²) < 4.78 is 1.93. The summed E-state index contributed by atoms with van der Waals surface area (Å²) in [5, 5.41) is 11.8. The first-order chi connectivity index (χ1) is 9.61. The summed E-state index contributed by atoms with van der Waals surface area (Å²) in [5.74, 6) is 0. The lowest BCUT2D eigenvalue weighted by Gasteiger charge is -2.13. The minimum atomic E-state index is 0.569. The third-order valence-electron chi connectivity index (χ3n) is 3.05. The number of nitrogens with one attached hydrogen (secondary N) is 2. The van der Waals surface area contributed by atoms with Gasteiger partial charge in [-0.2, -0.15) is 5.10 Å². The molecule has 0 aliphatic carbocycles. The van der Waals surface area contributed by atoms with Crippen molar-refractivity contribution < 1.29 is 0 Å². The number of rotatable bonds is 4. The molecule has 0 fully saturated rings. The van der Waals surface area contributed by atoms with Crippen LogP contribution in [0.15, 0.2) is 30.5 Å². The Morgan fingerprint density at radius 3 is 2.95 bits per heavy atom. The van der Waals surface area contributed by atoms with Crippen molar-refractivity contribution in [3.05, 3.63) is 46.7 Å². The standard InChI is InChI=1S/C14H17ClN4S/c1-3-19-11(7-8-17-19)9-16-14(20)18-13-6-4-5-12(15)10(13)2/h4-8H,3,9H2,1-2H3,(H2,16,18,20). The number of anilines is 1. The molecule has 2 N–H and O–H groups in total. The fourth-order valence-electron chi connectivity index (χ4n) is 1.88. The molecule has 20 heavy (non-hydrogen) atoms. The van der Waals surface area contributed by atoms with Gasteiger partial charge in [-0.25, -0.2) is 0 Å². The van der Waals surface area contributed by atoms with E-state index in [4.69, 9.17) is 23.8 Å². The molecule has 1 heterocycles. The Labute approximate surface area is 129 Å². The van der Waals surface area contributed by atoms with Crippen LogP contribution in [-0.4, -0.2) is 14.9 Å². The average molecular weight is 309 g/mol. The van der Waals surface area contributed by atoms with E-state index in [9.17, 15) is 0 Å². The summed E-state index contributed by atoms with van der Waals surface area (Å²) in [5.41, 5.74) is 3.00. The summed E-state index contributed by atoms with van der Waals surface area (Å²) in [4.78, 5) is 0. The predicted octanol–water partition coefficient (Wildman–Crippen LogP) is 3.35. The molecule has 0 aliphatic heterocycles. The zero-order valence-corrected chi connectivity index (χ0v) is 13.1. The minimum Gasteiger partial charge on any atom is -0.357 e. The van der Waals surface area contributed by atoms with E-state index in [2.05, 4.69) is 22.7 Å². The van der Waals surface area contributed by atoms with Crippen LogP contribution in [0.4, 0.5) is 5.69 Å². The van der Waals surface area contributed by atoms with Crippen LogP contribution in [0.25, 0.3) is 0 Å². The zero-order chi connectivity index (χ0) is 14.5. The Balaban J connectivity index is 1.94. The van der Waals surface area contributed by atoms with Crippen LogP contribution in [-0.2, 0) is 13.1 Å². The normalized spacial score (nSPS) is 10.3. The van der Waals surface area contributed by atoms with Crippen LogP contribution in [0.2, 0.25) is 5.02 Å². The quantitative estimate of drug-likeness (QED) is 0.850. The van der Waals surface area contributed by atoms with E-state index in [0.717, 1.165) is 28.5 Å². The average Bonchev–Trinajstić information content (AvgIpc) is 2.89. The maximum absolute atomic E-state index is 6.08. The van der Waals surface area contributed by atoms with Gasteiger partial charge < -0.3 is 10.6 Å². The summed E-state index contributed by atoms with van der Waals surface area (Å²) in [6.07, 6.45) is 1.79. The van der Waals surface area contributed by atoms with Crippen LogP contribution in [0.3, 0.4) is 0 Å². The number of aryl methyl sites for hydroxylation is 1. The maximum atomic E-state index is 6.08. The number of halogens is 1. The second kappa shape index (κ2) is 6.72. The molecule has 0 bridgehead atoms. The molecule has 1 aromatic carbocycles. The Bertz CT molecular complexity index is 609. The monoisotopic (exact) mass is 308 g/mol. The van der Waals surface area contributed by atoms with E-state index in [-0.39, 0.29) is 0 Å². The van der Waals surface area contributed by atoms with Gasteiger partial charge in [0.2, 0.25) is 0 Å². The maximum Gasteiger partial charge on any atom is 0.171 e. The molecule has 0 atom stereocenters. The zero-order valence-electron chi connectivity index (χ0n) is 11.5. The smallest absolute Gasteiger partial charge is 0.171 e. The van der Waals surface area contributed by atoms with Crippen LogP contribution < -0.4 is 10.6 Å². The highest BCUT2D eigenvalue weighted by Gasteiger charge is 2.05. The van der Waals surface area contributed by atoms with E-state index in [1.54, 1.807) is 6.20 Å². The fraction of sp³-hybridized carbons (Fsp3) is 0.286. The van der Waals surface area contributed by atoms with Crippen molar-refractivity contribution in [3.8, 4) is 0 Å². The van der Waals surface area contributed by atoms with E-state index in [1.165, 1.54) is 0 Å². The van der Waals surface area contributed by atoms with Gasteiger partial charge in [-0.3, -0.25) is 4.68 Å². The molecular weight excluding hydrogens is 292 g/mol. The molecule has 2 rings (SSSR count). The van der Waals surface area contributed by atoms with Gasteiger partial charge in [0.05, 0.1) is 12.2 Å². The van der Waals surface area contributed by atoms with Crippen LogP contribution in [0, 0.1) is 6.92 Å². The Morgan fingerprint density at radius 2 is 2.20 bits per heavy atom. The highest BCUT2D eigenvalue weighted by atomic mass is 35.5. The highest BCUT2D eigenvalue weighted by molar-refractivity contribution is 7.80. The Kier molecular flexibility index (Phi) is 4.98. The molecule has 4 nitrogen and oxygen atoms in total. The Morgan fingerprint density at radius 1 is 1.40 bits per heavy atom. The van der Waals surface area contributed by atoms with Crippen molar-refractivity contribution in [2.75, 3.05) is 5.32 Å². The summed E-state index contributed by atoms with van der Waals surface area (Å²) in [6.45, 7) is 5.50. The number of hydrogen-bond donors (Lipinski definition) is 2. The van der Waals surface area contributed by atoms with Crippen molar-refractivity contribution in [2.45, 2.75) is 26.9 Å². The molecule has 6 heteroatoms. The third-order valence-corrected chi connectivity index (χ3v) is 3.71. The van der Waals surface area contributed by atoms with Gasteiger partial charge in [-0.05, 0) is 49.8 Å². The van der Waals surface area contributed by atoms with E-state index < -0.39 is 0 Å². The number of thiocarbonyl (C=S) groups is 1. The lowest BCUT2D eigenvalue weighted by Crippen LogP contribution is -2.29. The van der Waals surface area contributed by atoms with Crippen molar-refractivity contribution >= 4 is 34.6 Å². The van der Waals surface area contributed by atoms with Gasteiger partial charge in [0.15, 0.2) is 5.11 Å². The van der Waals surface area contributed by atoms with Gasteiger partial charge in [0.1, 0.15) is 0 Å². The SMILES string of the molecule is CCn1nccc1CNC(=S)Nc1cccc(Cl)c1C. The molecule has 1 aromatic heterocycles. The topological polar surface area (TPSA) is 41.9 Å². The van der Waals surface area contributed by atoms with E-state index >= 15 is 0 Å². The predicted molar refractivity (Wildman–Crippen MR) is 87.2 cm³/mol. The van der Waals surface area contributed by atoms with Gasteiger partial charge in [-0.15, -0.1) is 0 Å². The first-order valence-electron chi connectivity index (χ1n) is 6.42. The molecule has 2 aromatic rings. The number of aromatic nitrogens is 2. The summed E-state index contributed by atoms with van der Waals surface area (Å²) >= 11 is 11.4. The third kappa shape index (κ3) is 3.49. The van der Waals surface area contributed by atoms with Crippen LogP contribution in [0.5, 0.6) is 0 Å². The minimum absolute atomic E-state index is 0.569. The molecule has 106 valence electrons. The second-order valence-corrected chi connectivity index (χ2v) is 5.17. The first-order valence-corrected chi connectivity index (χ1v) is 7.21. The van der Waals surface area contributed by atoms with Crippen LogP contribution >= 0.6 is 23.8 Å². The fourth-order valence-corrected chi connectivity index (χ4v) is 2.23. The van der Waals surface area contributed by atoms with E-state index in [1.807, 2.05) is 35.9 Å². The second-order valence-electron chi connectivity index (χ2n) is 4.36. The lowest BCUT2D eigenvalue weighted by atomic mass is 10.2. The first kappa shape index (κ1) is 14.8. The largest absolute Gasteiger partial charge is 0.357 e. The number of nitrogens with zero attached hydrogens (tertiary/aromatic N) is 2. The summed E-state index contributed by atoms with van der Waals surface area (Å²) in [7, 11) is 0. The van der Waals surface area contributed by atoms with E-state index in [0.29, 0.717) is 11.7 Å². The lowest BCUT2D eigenvalue weighted by molar-refractivity contribution is 0.614. The van der Waals surface area contributed by atoms with Crippen molar-refractivity contribution in [1.29, 1.82) is 0 Å². The van der Waals surface area contributed by atoms with Gasteiger partial charge in [0.25, 0.3) is 0 Å². The van der Waals surface area contributed by atoms with Crippen molar-refractivity contribution in [3.63, 3.8) is 0 Å². The molecule has 0 saturated heterocycles. The molecule has 0 radical (unpaired) electrons.